The fourth-order valence-electron chi connectivity index (χ4n) is 2.68. The molecule has 7 nitrogen and oxygen atoms in total. The Kier molecular flexibility index (Phi) is 5.33. The van der Waals surface area contributed by atoms with E-state index in [4.69, 9.17) is 11.0 Å². The van der Waals surface area contributed by atoms with E-state index in [-0.39, 0.29) is 23.4 Å². The number of anilines is 3. The molecule has 0 fully saturated rings. The lowest BCUT2D eigenvalue weighted by Gasteiger charge is -2.20. The van der Waals surface area contributed by atoms with Crippen LogP contribution in [0.4, 0.5) is 23.0 Å². The van der Waals surface area contributed by atoms with Gasteiger partial charge in [-0.25, -0.2) is 4.85 Å². The number of nitrogens with one attached hydrogen (secondary N) is 2. The highest BCUT2D eigenvalue weighted by atomic mass is 32.1. The Bertz CT molecular complexity index is 967. The van der Waals surface area contributed by atoms with Crippen LogP contribution in [0.2, 0.25) is 0 Å². The summed E-state index contributed by atoms with van der Waals surface area (Å²) in [5, 5.41) is 16.7. The molecule has 1 aromatic carbocycles. The number of phenols is 1. The number of para-hydroxylation sites is 1. The Morgan fingerprint density at radius 1 is 1.22 bits per heavy atom. The molecule has 0 aliphatic rings. The summed E-state index contributed by atoms with van der Waals surface area (Å²) in [4.78, 5) is 3.30. The SMILES string of the molecule is [C-]#[N+]c1cccc(Nc2nsnc2NC(c2cc(C)c(C)o2)C(C)C)c1O. The van der Waals surface area contributed by atoms with Gasteiger partial charge in [0.25, 0.3) is 0 Å². The highest BCUT2D eigenvalue weighted by Crippen LogP contribution is 2.38. The summed E-state index contributed by atoms with van der Waals surface area (Å²) < 4.78 is 14.5. The Hall–Kier alpha value is -3.05. The number of phenolic OH excluding ortho intramolecular Hbond substituents is 1. The summed E-state index contributed by atoms with van der Waals surface area (Å²) in [6.07, 6.45) is 0. The predicted molar refractivity (Wildman–Crippen MR) is 107 cm³/mol. The maximum absolute atomic E-state index is 10.2. The molecule has 8 heteroatoms. The van der Waals surface area contributed by atoms with Crippen molar-refractivity contribution in [3.8, 4) is 5.75 Å². The first kappa shape index (κ1) is 18.7. The summed E-state index contributed by atoms with van der Waals surface area (Å²) in [5.41, 5.74) is 1.69. The average Bonchev–Trinajstić information content (AvgIpc) is 3.20. The van der Waals surface area contributed by atoms with Crippen LogP contribution in [0.3, 0.4) is 0 Å². The lowest BCUT2D eigenvalue weighted by atomic mass is 10.0. The largest absolute Gasteiger partial charge is 0.517 e. The number of aryl methyl sites for hydroxylation is 2. The van der Waals surface area contributed by atoms with Crippen molar-refractivity contribution >= 4 is 34.7 Å². The van der Waals surface area contributed by atoms with E-state index in [9.17, 15) is 5.11 Å². The number of furan rings is 1. The minimum Gasteiger partial charge on any atom is -0.517 e. The quantitative estimate of drug-likeness (QED) is 0.382. The molecule has 3 N–H and O–H groups in total. The molecular weight excluding hydrogens is 362 g/mol. The van der Waals surface area contributed by atoms with Crippen LogP contribution in [-0.2, 0) is 0 Å². The first-order chi connectivity index (χ1) is 12.9. The second-order valence-corrected chi connectivity index (χ2v) is 7.15. The normalized spacial score (nSPS) is 12.0. The Morgan fingerprint density at radius 3 is 2.59 bits per heavy atom. The van der Waals surface area contributed by atoms with Crippen LogP contribution in [-0.4, -0.2) is 13.9 Å². The minimum absolute atomic E-state index is 0.0787. The molecule has 0 radical (unpaired) electrons. The highest BCUT2D eigenvalue weighted by Gasteiger charge is 2.23. The van der Waals surface area contributed by atoms with E-state index in [1.54, 1.807) is 18.2 Å². The van der Waals surface area contributed by atoms with Gasteiger partial charge in [-0.3, -0.25) is 0 Å². The van der Waals surface area contributed by atoms with Crippen LogP contribution in [0.15, 0.2) is 28.7 Å². The highest BCUT2D eigenvalue weighted by molar-refractivity contribution is 6.99. The maximum Gasteiger partial charge on any atom is 0.230 e. The molecule has 2 heterocycles. The van der Waals surface area contributed by atoms with E-state index in [0.717, 1.165) is 28.8 Å². The molecule has 1 atom stereocenters. The van der Waals surface area contributed by atoms with Gasteiger partial charge in [0.05, 0.1) is 30.0 Å². The predicted octanol–water partition coefficient (Wildman–Crippen LogP) is 5.56. The number of hydrogen-bond acceptors (Lipinski definition) is 7. The van der Waals surface area contributed by atoms with Gasteiger partial charge in [0.15, 0.2) is 11.6 Å². The van der Waals surface area contributed by atoms with Crippen LogP contribution in [0, 0.1) is 26.3 Å². The van der Waals surface area contributed by atoms with Crippen LogP contribution in [0.25, 0.3) is 4.85 Å². The van der Waals surface area contributed by atoms with Crippen LogP contribution in [0.5, 0.6) is 5.75 Å². The molecule has 0 bridgehead atoms. The van der Waals surface area contributed by atoms with Crippen molar-refractivity contribution in [3.05, 3.63) is 52.8 Å². The first-order valence-corrected chi connectivity index (χ1v) is 9.26. The van der Waals surface area contributed by atoms with Gasteiger partial charge in [0.1, 0.15) is 17.3 Å². The number of rotatable bonds is 6. The van der Waals surface area contributed by atoms with Crippen LogP contribution in [0.1, 0.15) is 37.0 Å². The smallest absolute Gasteiger partial charge is 0.230 e. The van der Waals surface area contributed by atoms with Crippen LogP contribution >= 0.6 is 11.7 Å². The molecule has 140 valence electrons. The van der Waals surface area contributed by atoms with Crippen LogP contribution < -0.4 is 10.6 Å². The van der Waals surface area contributed by atoms with Crippen molar-refractivity contribution < 1.29 is 9.52 Å². The summed E-state index contributed by atoms with van der Waals surface area (Å²) in [7, 11) is 0. The number of benzene rings is 1. The van der Waals surface area contributed by atoms with Gasteiger partial charge in [0.2, 0.25) is 5.69 Å². The van der Waals surface area contributed by atoms with E-state index >= 15 is 0 Å². The standard InChI is InChI=1S/C19H21N5O2S/c1-10(2)16(15-9-11(3)12(4)26-15)22-19-18(23-27-24-19)21-14-8-6-7-13(20-5)17(14)25/h6-10,16,25H,1-4H3,(H,21,23)(H,22,24). The lowest BCUT2D eigenvalue weighted by molar-refractivity contribution is 0.408. The van der Waals surface area contributed by atoms with Gasteiger partial charge in [-0.15, -0.1) is 0 Å². The number of aromatic hydroxyl groups is 1. The number of hydrogen-bond donors (Lipinski definition) is 3. The molecule has 0 amide bonds. The third-order valence-corrected chi connectivity index (χ3v) is 4.86. The zero-order valence-electron chi connectivity index (χ0n) is 15.6. The average molecular weight is 383 g/mol. The number of nitrogens with zero attached hydrogens (tertiary/aromatic N) is 3. The Morgan fingerprint density at radius 2 is 1.96 bits per heavy atom. The van der Waals surface area contributed by atoms with Gasteiger partial charge in [-0.05, 0) is 37.5 Å². The third kappa shape index (κ3) is 3.88. The molecule has 3 rings (SSSR count). The molecule has 0 saturated carbocycles. The van der Waals surface area contributed by atoms with Crippen molar-refractivity contribution in [2.24, 2.45) is 5.92 Å². The van der Waals surface area contributed by atoms with E-state index in [2.05, 4.69) is 38.1 Å². The molecular formula is C19H21N5O2S. The van der Waals surface area contributed by atoms with Gasteiger partial charge in [-0.2, -0.15) is 8.75 Å². The molecule has 2 aromatic heterocycles. The molecule has 3 aromatic rings. The van der Waals surface area contributed by atoms with Gasteiger partial charge in [0, 0.05) is 0 Å². The van der Waals surface area contributed by atoms with Gasteiger partial charge >= 0.3 is 0 Å². The van der Waals surface area contributed by atoms with Crippen molar-refractivity contribution in [1.29, 1.82) is 0 Å². The van der Waals surface area contributed by atoms with Crippen molar-refractivity contribution in [2.45, 2.75) is 33.7 Å². The second kappa shape index (κ2) is 7.68. The summed E-state index contributed by atoms with van der Waals surface area (Å²) in [6, 6.07) is 6.90. The van der Waals surface area contributed by atoms with Crippen molar-refractivity contribution in [3.63, 3.8) is 0 Å². The minimum atomic E-state index is -0.107. The van der Waals surface area contributed by atoms with Gasteiger partial charge < -0.3 is 20.2 Å². The lowest BCUT2D eigenvalue weighted by Crippen LogP contribution is -2.17. The Balaban J connectivity index is 1.87. The molecule has 27 heavy (non-hydrogen) atoms. The molecule has 0 aliphatic heterocycles. The van der Waals surface area contributed by atoms with E-state index in [0.29, 0.717) is 17.3 Å². The fourth-order valence-corrected chi connectivity index (χ4v) is 3.16. The number of aromatic nitrogens is 2. The first-order valence-electron chi connectivity index (χ1n) is 8.53. The second-order valence-electron chi connectivity index (χ2n) is 6.63. The molecule has 1 unspecified atom stereocenters. The summed E-state index contributed by atoms with van der Waals surface area (Å²) in [6.45, 7) is 15.3. The summed E-state index contributed by atoms with van der Waals surface area (Å²) >= 11 is 1.06. The topological polar surface area (TPSA) is 87.6 Å². The fraction of sp³-hybridized carbons (Fsp3) is 0.316. The molecule has 0 aliphatic carbocycles. The molecule has 0 spiro atoms. The van der Waals surface area contributed by atoms with Crippen molar-refractivity contribution in [1.82, 2.24) is 8.75 Å². The third-order valence-electron chi connectivity index (χ3n) is 4.33. The molecule has 0 saturated heterocycles. The monoisotopic (exact) mass is 383 g/mol. The van der Waals surface area contributed by atoms with E-state index in [1.165, 1.54) is 0 Å². The van der Waals surface area contributed by atoms with E-state index in [1.807, 2.05) is 19.9 Å². The maximum atomic E-state index is 10.2. The summed E-state index contributed by atoms with van der Waals surface area (Å²) in [5.74, 6) is 2.94. The van der Waals surface area contributed by atoms with Gasteiger partial charge in [-0.1, -0.05) is 26.0 Å². The van der Waals surface area contributed by atoms with Crippen molar-refractivity contribution in [2.75, 3.05) is 10.6 Å². The Labute approximate surface area is 162 Å². The van der Waals surface area contributed by atoms with E-state index < -0.39 is 0 Å². The zero-order valence-corrected chi connectivity index (χ0v) is 16.4. The zero-order chi connectivity index (χ0) is 19.6.